The molecule has 0 bridgehead atoms. The highest BCUT2D eigenvalue weighted by Crippen LogP contribution is 2.18. The van der Waals surface area contributed by atoms with E-state index in [0.29, 0.717) is 26.9 Å². The van der Waals surface area contributed by atoms with Crippen molar-refractivity contribution >= 4 is 39.6 Å². The average Bonchev–Trinajstić information content (AvgIpc) is 2.70. The number of benzene rings is 3. The van der Waals surface area contributed by atoms with Gasteiger partial charge in [0.1, 0.15) is 5.75 Å². The first-order valence-corrected chi connectivity index (χ1v) is 9.11. The molecule has 0 radical (unpaired) electrons. The van der Waals surface area contributed by atoms with Crippen molar-refractivity contribution in [1.82, 2.24) is 5.43 Å². The van der Waals surface area contributed by atoms with E-state index in [1.807, 2.05) is 6.07 Å². The molecule has 0 unspecified atom stereocenters. The molecule has 0 aliphatic heterocycles. The van der Waals surface area contributed by atoms with Crippen LogP contribution in [0.25, 0.3) is 0 Å². The monoisotopic (exact) mass is 437 g/mol. The number of phenols is 1. The van der Waals surface area contributed by atoms with Crippen molar-refractivity contribution < 1.29 is 14.7 Å². The molecule has 28 heavy (non-hydrogen) atoms. The number of hydrogen-bond acceptors (Lipinski definition) is 4. The van der Waals surface area contributed by atoms with Gasteiger partial charge in [-0.05, 0) is 58.4 Å². The molecule has 0 fully saturated rings. The second-order valence-electron chi connectivity index (χ2n) is 5.77. The zero-order valence-corrected chi connectivity index (χ0v) is 16.2. The quantitative estimate of drug-likeness (QED) is 0.413. The Kier molecular flexibility index (Phi) is 6.18. The normalized spacial score (nSPS) is 10.6. The summed E-state index contributed by atoms with van der Waals surface area (Å²) in [7, 11) is 0. The van der Waals surface area contributed by atoms with Crippen molar-refractivity contribution in [3.05, 3.63) is 94.0 Å². The van der Waals surface area contributed by atoms with Crippen molar-refractivity contribution in [1.29, 1.82) is 0 Å². The lowest BCUT2D eigenvalue weighted by atomic mass is 10.1. The van der Waals surface area contributed by atoms with Gasteiger partial charge in [-0.1, -0.05) is 30.3 Å². The molecule has 3 rings (SSSR count). The molecule has 3 aromatic carbocycles. The van der Waals surface area contributed by atoms with Crippen LogP contribution in [0.4, 0.5) is 5.69 Å². The molecule has 6 nitrogen and oxygen atoms in total. The van der Waals surface area contributed by atoms with Gasteiger partial charge in [-0.2, -0.15) is 5.10 Å². The molecule has 0 aliphatic rings. The Morgan fingerprint density at radius 2 is 1.68 bits per heavy atom. The lowest BCUT2D eigenvalue weighted by molar-refractivity contribution is 0.0953. The summed E-state index contributed by atoms with van der Waals surface area (Å²) in [4.78, 5) is 24.7. The van der Waals surface area contributed by atoms with Crippen LogP contribution in [0.5, 0.6) is 5.75 Å². The molecule has 0 aromatic heterocycles. The van der Waals surface area contributed by atoms with Crippen LogP contribution in [-0.4, -0.2) is 23.1 Å². The van der Waals surface area contributed by atoms with Crippen LogP contribution >= 0.6 is 15.9 Å². The Morgan fingerprint density at radius 1 is 0.929 bits per heavy atom. The van der Waals surface area contributed by atoms with Gasteiger partial charge in [0.25, 0.3) is 11.8 Å². The topological polar surface area (TPSA) is 90.8 Å². The molecule has 0 saturated carbocycles. The van der Waals surface area contributed by atoms with Crippen molar-refractivity contribution in [3.63, 3.8) is 0 Å². The Labute approximate surface area is 170 Å². The highest BCUT2D eigenvalue weighted by molar-refractivity contribution is 9.10. The van der Waals surface area contributed by atoms with Crippen LogP contribution in [0, 0.1) is 0 Å². The number of hydrogen-bond donors (Lipinski definition) is 3. The Balaban J connectivity index is 1.67. The van der Waals surface area contributed by atoms with E-state index in [4.69, 9.17) is 0 Å². The number of carbonyl (C=O) groups excluding carboxylic acids is 2. The van der Waals surface area contributed by atoms with Crippen molar-refractivity contribution in [2.24, 2.45) is 5.10 Å². The highest BCUT2D eigenvalue weighted by Gasteiger charge is 2.11. The van der Waals surface area contributed by atoms with Gasteiger partial charge < -0.3 is 10.4 Å². The van der Waals surface area contributed by atoms with Crippen LogP contribution in [0.15, 0.2) is 82.4 Å². The van der Waals surface area contributed by atoms with Crippen LogP contribution in [-0.2, 0) is 0 Å². The Morgan fingerprint density at radius 3 is 2.46 bits per heavy atom. The van der Waals surface area contributed by atoms with Crippen LogP contribution in [0.2, 0.25) is 0 Å². The van der Waals surface area contributed by atoms with Gasteiger partial charge in [0.15, 0.2) is 0 Å². The van der Waals surface area contributed by atoms with Gasteiger partial charge in [-0.25, -0.2) is 5.43 Å². The number of carbonyl (C=O) groups is 2. The molecule has 3 N–H and O–H groups in total. The molecular formula is C21H16BrN3O3. The second-order valence-corrected chi connectivity index (χ2v) is 6.63. The summed E-state index contributed by atoms with van der Waals surface area (Å²) in [6, 6.07) is 20.2. The number of nitrogens with zero attached hydrogens (tertiary/aromatic N) is 1. The average molecular weight is 438 g/mol. The maximum atomic E-state index is 12.4. The maximum absolute atomic E-state index is 12.4. The van der Waals surface area contributed by atoms with Gasteiger partial charge >= 0.3 is 0 Å². The van der Waals surface area contributed by atoms with Gasteiger partial charge in [0.2, 0.25) is 0 Å². The lowest BCUT2D eigenvalue weighted by Crippen LogP contribution is -2.18. The third-order valence-electron chi connectivity index (χ3n) is 3.81. The first-order valence-electron chi connectivity index (χ1n) is 8.32. The van der Waals surface area contributed by atoms with E-state index < -0.39 is 5.91 Å². The standard InChI is InChI=1S/C21H16BrN3O3/c22-18-10-3-2-9-17(18)21(28)24-16-8-5-7-14(12-16)20(27)25-23-13-15-6-1-4-11-19(15)26/h1-13,26H,(H,24,28)(H,25,27)/b23-13-. The van der Waals surface area contributed by atoms with E-state index in [1.165, 1.54) is 12.3 Å². The molecule has 0 heterocycles. The highest BCUT2D eigenvalue weighted by atomic mass is 79.9. The minimum Gasteiger partial charge on any atom is -0.507 e. The minimum atomic E-state index is -0.441. The number of phenolic OH excluding ortho intramolecular Hbond substituents is 1. The Hall–Kier alpha value is -3.45. The number of aromatic hydroxyl groups is 1. The largest absolute Gasteiger partial charge is 0.507 e. The number of halogens is 1. The van der Waals surface area contributed by atoms with Gasteiger partial charge in [-0.15, -0.1) is 0 Å². The van der Waals surface area contributed by atoms with Gasteiger partial charge in [0, 0.05) is 21.3 Å². The van der Waals surface area contributed by atoms with Gasteiger partial charge in [0.05, 0.1) is 11.8 Å². The van der Waals surface area contributed by atoms with E-state index in [2.05, 4.69) is 31.8 Å². The van der Waals surface area contributed by atoms with Crippen molar-refractivity contribution in [2.75, 3.05) is 5.32 Å². The van der Waals surface area contributed by atoms with Crippen molar-refractivity contribution in [3.8, 4) is 5.75 Å². The predicted octanol–water partition coefficient (Wildman–Crippen LogP) is 4.17. The SMILES string of the molecule is O=C(N/N=C\c1ccccc1O)c1cccc(NC(=O)c2ccccc2Br)c1. The lowest BCUT2D eigenvalue weighted by Gasteiger charge is -2.08. The third kappa shape index (κ3) is 4.83. The fourth-order valence-corrected chi connectivity index (χ4v) is 2.87. The predicted molar refractivity (Wildman–Crippen MR) is 112 cm³/mol. The smallest absolute Gasteiger partial charge is 0.271 e. The molecule has 0 aliphatic carbocycles. The van der Waals surface area contributed by atoms with Crippen LogP contribution in [0.1, 0.15) is 26.3 Å². The summed E-state index contributed by atoms with van der Waals surface area (Å²) in [6.45, 7) is 0. The summed E-state index contributed by atoms with van der Waals surface area (Å²) in [6.07, 6.45) is 1.35. The fourth-order valence-electron chi connectivity index (χ4n) is 2.40. The maximum Gasteiger partial charge on any atom is 0.271 e. The molecule has 140 valence electrons. The van der Waals surface area contributed by atoms with Crippen LogP contribution < -0.4 is 10.7 Å². The second kappa shape index (κ2) is 8.96. The summed E-state index contributed by atoms with van der Waals surface area (Å²) in [5.74, 6) is -0.663. The first kappa shape index (κ1) is 19.3. The molecule has 0 saturated heterocycles. The molecular weight excluding hydrogens is 422 g/mol. The number of hydrazone groups is 1. The van der Waals surface area contributed by atoms with Gasteiger partial charge in [-0.3, -0.25) is 9.59 Å². The number of rotatable bonds is 5. The van der Waals surface area contributed by atoms with E-state index in [0.717, 1.165) is 0 Å². The number of para-hydroxylation sites is 1. The summed E-state index contributed by atoms with van der Waals surface area (Å²) < 4.78 is 0.680. The van der Waals surface area contributed by atoms with Crippen molar-refractivity contribution in [2.45, 2.75) is 0 Å². The third-order valence-corrected chi connectivity index (χ3v) is 4.50. The van der Waals surface area contributed by atoms with E-state index >= 15 is 0 Å². The molecule has 0 spiro atoms. The fraction of sp³-hybridized carbons (Fsp3) is 0. The number of anilines is 1. The Bertz CT molecular complexity index is 1050. The first-order chi connectivity index (χ1) is 13.5. The van der Waals surface area contributed by atoms with Crippen LogP contribution in [0.3, 0.4) is 0 Å². The molecule has 0 atom stereocenters. The summed E-state index contributed by atoms with van der Waals surface area (Å²) in [5, 5.41) is 16.3. The molecule has 2 amide bonds. The number of nitrogens with one attached hydrogen (secondary N) is 2. The summed E-state index contributed by atoms with van der Waals surface area (Å²) in [5.41, 5.74) is 4.19. The van der Waals surface area contributed by atoms with E-state index in [-0.39, 0.29) is 11.7 Å². The zero-order chi connectivity index (χ0) is 19.9. The van der Waals surface area contributed by atoms with E-state index in [9.17, 15) is 14.7 Å². The molecule has 7 heteroatoms. The zero-order valence-electron chi connectivity index (χ0n) is 14.6. The summed E-state index contributed by atoms with van der Waals surface area (Å²) >= 11 is 3.34. The number of amides is 2. The minimum absolute atomic E-state index is 0.0669. The van der Waals surface area contributed by atoms with E-state index in [1.54, 1.807) is 60.7 Å². The molecule has 3 aromatic rings.